The molecule has 0 aliphatic rings. The van der Waals surface area contributed by atoms with Gasteiger partial charge in [-0.15, -0.1) is 0 Å². The lowest BCUT2D eigenvalue weighted by Crippen LogP contribution is -2.49. The van der Waals surface area contributed by atoms with E-state index in [1.807, 2.05) is 0 Å². The fraction of sp³-hybridized carbons (Fsp3) is 0.143. The van der Waals surface area contributed by atoms with Crippen LogP contribution >= 0.6 is 34.8 Å². The lowest BCUT2D eigenvalue weighted by molar-refractivity contribution is 0.0941. The summed E-state index contributed by atoms with van der Waals surface area (Å²) in [5, 5.41) is 10.4. The molecule has 2 rings (SSSR count). The minimum atomic E-state index is -3.81. The molecule has 4 N–H and O–H groups in total. The van der Waals surface area contributed by atoms with Crippen molar-refractivity contribution < 1.29 is 13.2 Å². The van der Waals surface area contributed by atoms with Crippen LogP contribution in [0.3, 0.4) is 0 Å². The van der Waals surface area contributed by atoms with Gasteiger partial charge in [-0.25, -0.2) is 13.6 Å². The number of sulfonamides is 1. The van der Waals surface area contributed by atoms with Crippen LogP contribution in [0.2, 0.25) is 0 Å². The SMILES string of the molecule is NS(=O)(=O)c1ccc(N[C@H](NC(=O)c2cccnc2)C(Cl)(Cl)Cl)cc1. The summed E-state index contributed by atoms with van der Waals surface area (Å²) in [5.41, 5.74) is 0.698. The van der Waals surface area contributed by atoms with Gasteiger partial charge in [0.05, 0.1) is 10.5 Å². The number of amides is 1. The van der Waals surface area contributed by atoms with E-state index in [0.29, 0.717) is 5.69 Å². The van der Waals surface area contributed by atoms with Crippen LogP contribution in [-0.2, 0) is 10.0 Å². The molecule has 134 valence electrons. The van der Waals surface area contributed by atoms with Gasteiger partial charge in [0, 0.05) is 18.1 Å². The van der Waals surface area contributed by atoms with Gasteiger partial charge in [-0.1, -0.05) is 34.8 Å². The number of hydrogen-bond acceptors (Lipinski definition) is 5. The van der Waals surface area contributed by atoms with Crippen LogP contribution in [0.1, 0.15) is 10.4 Å². The second-order valence-electron chi connectivity index (χ2n) is 4.90. The van der Waals surface area contributed by atoms with Crippen LogP contribution in [0.25, 0.3) is 0 Å². The predicted molar refractivity (Wildman–Crippen MR) is 97.2 cm³/mol. The van der Waals surface area contributed by atoms with Crippen LogP contribution in [0.5, 0.6) is 0 Å². The number of primary sulfonamides is 1. The van der Waals surface area contributed by atoms with E-state index < -0.39 is 25.9 Å². The largest absolute Gasteiger partial charge is 0.362 e. The van der Waals surface area contributed by atoms with E-state index in [1.54, 1.807) is 12.1 Å². The molecule has 2 aromatic rings. The summed E-state index contributed by atoms with van der Waals surface area (Å²) >= 11 is 17.7. The average molecular weight is 424 g/mol. The van der Waals surface area contributed by atoms with E-state index in [1.165, 1.54) is 36.7 Å². The maximum absolute atomic E-state index is 12.2. The molecule has 0 fully saturated rings. The van der Waals surface area contributed by atoms with Crippen LogP contribution in [0.4, 0.5) is 5.69 Å². The first-order valence-electron chi connectivity index (χ1n) is 6.74. The Kier molecular flexibility index (Phi) is 6.12. The maximum atomic E-state index is 12.2. The summed E-state index contributed by atoms with van der Waals surface area (Å²) in [4.78, 5) is 16.0. The quantitative estimate of drug-likeness (QED) is 0.504. The number of anilines is 1. The van der Waals surface area contributed by atoms with E-state index in [4.69, 9.17) is 39.9 Å². The third kappa shape index (κ3) is 5.72. The van der Waals surface area contributed by atoms with Gasteiger partial charge in [0.15, 0.2) is 0 Å². The number of nitrogens with one attached hydrogen (secondary N) is 2. The van der Waals surface area contributed by atoms with Crippen molar-refractivity contribution in [2.45, 2.75) is 14.9 Å². The molecule has 1 aromatic heterocycles. The van der Waals surface area contributed by atoms with Crippen LogP contribution < -0.4 is 15.8 Å². The smallest absolute Gasteiger partial charge is 0.254 e. The molecule has 0 saturated carbocycles. The molecular formula is C14H13Cl3N4O3S. The Morgan fingerprint density at radius 1 is 1.16 bits per heavy atom. The van der Waals surface area contributed by atoms with Crippen molar-refractivity contribution in [3.63, 3.8) is 0 Å². The average Bonchev–Trinajstić information content (AvgIpc) is 2.54. The number of carbonyl (C=O) groups is 1. The van der Waals surface area contributed by atoms with Gasteiger partial charge in [0.25, 0.3) is 5.91 Å². The van der Waals surface area contributed by atoms with Crippen molar-refractivity contribution in [1.29, 1.82) is 0 Å². The van der Waals surface area contributed by atoms with Crippen molar-refractivity contribution in [2.24, 2.45) is 5.14 Å². The molecule has 0 aliphatic heterocycles. The summed E-state index contributed by atoms with van der Waals surface area (Å²) in [6.07, 6.45) is 1.80. The number of alkyl halides is 3. The monoisotopic (exact) mass is 422 g/mol. The predicted octanol–water partition coefficient (Wildman–Crippen LogP) is 2.27. The van der Waals surface area contributed by atoms with Crippen molar-refractivity contribution in [2.75, 3.05) is 5.32 Å². The number of carbonyl (C=O) groups excluding carboxylic acids is 1. The third-order valence-corrected chi connectivity index (χ3v) is 4.60. The Bertz CT molecular complexity index is 840. The topological polar surface area (TPSA) is 114 Å². The Labute approximate surface area is 159 Å². The number of halogens is 3. The van der Waals surface area contributed by atoms with Crippen LogP contribution in [0, 0.1) is 0 Å². The van der Waals surface area contributed by atoms with E-state index in [0.717, 1.165) is 0 Å². The normalized spacial score (nSPS) is 13.1. The molecule has 0 aliphatic carbocycles. The number of pyridine rings is 1. The Hall–Kier alpha value is -1.58. The fourth-order valence-electron chi connectivity index (χ4n) is 1.82. The molecule has 25 heavy (non-hydrogen) atoms. The summed E-state index contributed by atoms with van der Waals surface area (Å²) < 4.78 is 20.6. The first kappa shape index (κ1) is 19.7. The maximum Gasteiger partial charge on any atom is 0.254 e. The van der Waals surface area contributed by atoms with Crippen LogP contribution in [-0.4, -0.2) is 29.3 Å². The van der Waals surface area contributed by atoms with Gasteiger partial charge >= 0.3 is 0 Å². The van der Waals surface area contributed by atoms with Crippen molar-refractivity contribution in [1.82, 2.24) is 10.3 Å². The highest BCUT2D eigenvalue weighted by atomic mass is 35.6. The summed E-state index contributed by atoms with van der Waals surface area (Å²) in [7, 11) is -3.81. The lowest BCUT2D eigenvalue weighted by Gasteiger charge is -2.27. The minimum Gasteiger partial charge on any atom is -0.362 e. The molecule has 7 nitrogen and oxygen atoms in total. The van der Waals surface area contributed by atoms with Gasteiger partial charge in [-0.3, -0.25) is 9.78 Å². The van der Waals surface area contributed by atoms with Crippen molar-refractivity contribution >= 4 is 56.4 Å². The number of aromatic nitrogens is 1. The summed E-state index contributed by atoms with van der Waals surface area (Å²) in [6, 6.07) is 8.59. The van der Waals surface area contributed by atoms with Gasteiger partial charge < -0.3 is 10.6 Å². The molecule has 1 heterocycles. The van der Waals surface area contributed by atoms with Gasteiger partial charge in [0.2, 0.25) is 13.8 Å². The second-order valence-corrected chi connectivity index (χ2v) is 8.83. The fourth-order valence-corrected chi connectivity index (χ4v) is 2.66. The number of nitrogens with two attached hydrogens (primary N) is 1. The van der Waals surface area contributed by atoms with E-state index >= 15 is 0 Å². The molecular weight excluding hydrogens is 411 g/mol. The van der Waals surface area contributed by atoms with Gasteiger partial charge in [-0.05, 0) is 36.4 Å². The second kappa shape index (κ2) is 7.76. The van der Waals surface area contributed by atoms with Gasteiger partial charge in [0.1, 0.15) is 6.17 Å². The number of nitrogens with zero attached hydrogens (tertiary/aromatic N) is 1. The van der Waals surface area contributed by atoms with Crippen LogP contribution in [0.15, 0.2) is 53.7 Å². The molecule has 1 amide bonds. The van der Waals surface area contributed by atoms with E-state index in [-0.39, 0.29) is 10.5 Å². The van der Waals surface area contributed by atoms with E-state index in [2.05, 4.69) is 15.6 Å². The summed E-state index contributed by atoms with van der Waals surface area (Å²) in [6.45, 7) is 0. The first-order chi connectivity index (χ1) is 11.6. The molecule has 11 heteroatoms. The Morgan fingerprint density at radius 3 is 2.28 bits per heavy atom. The zero-order valence-electron chi connectivity index (χ0n) is 12.5. The Balaban J connectivity index is 2.17. The zero-order valence-corrected chi connectivity index (χ0v) is 15.6. The highest BCUT2D eigenvalue weighted by molar-refractivity contribution is 7.89. The molecule has 0 spiro atoms. The molecule has 0 unspecified atom stereocenters. The van der Waals surface area contributed by atoms with Crippen molar-refractivity contribution in [3.05, 3.63) is 54.4 Å². The molecule has 0 bridgehead atoms. The number of hydrogen-bond donors (Lipinski definition) is 3. The highest BCUT2D eigenvalue weighted by Crippen LogP contribution is 2.31. The standard InChI is InChI=1S/C14H13Cl3N4O3S/c15-14(16,17)13(21-12(22)9-2-1-7-19-8-9)20-10-3-5-11(6-4-10)25(18,23)24/h1-8,13,20H,(H,21,22)(H2,18,23,24)/t13-/m1/s1. The highest BCUT2D eigenvalue weighted by Gasteiger charge is 2.34. The minimum absolute atomic E-state index is 0.0668. The lowest BCUT2D eigenvalue weighted by atomic mass is 10.2. The number of rotatable bonds is 5. The molecule has 1 aromatic carbocycles. The van der Waals surface area contributed by atoms with E-state index in [9.17, 15) is 13.2 Å². The molecule has 0 radical (unpaired) electrons. The Morgan fingerprint density at radius 2 is 1.80 bits per heavy atom. The third-order valence-electron chi connectivity index (χ3n) is 3.02. The van der Waals surface area contributed by atoms with Gasteiger partial charge in [-0.2, -0.15) is 0 Å². The molecule has 1 atom stereocenters. The first-order valence-corrected chi connectivity index (χ1v) is 9.42. The zero-order chi connectivity index (χ0) is 18.7. The van der Waals surface area contributed by atoms with Crippen molar-refractivity contribution in [3.8, 4) is 0 Å². The number of benzene rings is 1. The summed E-state index contributed by atoms with van der Waals surface area (Å²) in [5.74, 6) is -0.502. The molecule has 0 saturated heterocycles.